The van der Waals surface area contributed by atoms with Crippen LogP contribution in [-0.2, 0) is 7.05 Å². The molecule has 0 radical (unpaired) electrons. The molecule has 0 unspecified atom stereocenters. The lowest BCUT2D eigenvalue weighted by molar-refractivity contribution is 0.0815. The number of ketones is 1. The summed E-state index contributed by atoms with van der Waals surface area (Å²) >= 11 is 2.18. The van der Waals surface area contributed by atoms with E-state index >= 15 is 0 Å². The van der Waals surface area contributed by atoms with E-state index < -0.39 is 0 Å². The minimum Gasteiger partial charge on any atom is -0.294 e. The van der Waals surface area contributed by atoms with Crippen LogP contribution in [0.25, 0.3) is 0 Å². The molecule has 0 spiro atoms. The third kappa shape index (κ3) is 2.09. The van der Waals surface area contributed by atoms with Crippen molar-refractivity contribution in [2.45, 2.75) is 32.6 Å². The molecule has 0 aromatic carbocycles. The van der Waals surface area contributed by atoms with E-state index in [4.69, 9.17) is 0 Å². The van der Waals surface area contributed by atoms with Crippen molar-refractivity contribution in [3.8, 4) is 0 Å². The minimum absolute atomic E-state index is 0.245. The van der Waals surface area contributed by atoms with E-state index in [1.54, 1.807) is 10.9 Å². The van der Waals surface area contributed by atoms with E-state index in [1.165, 1.54) is 19.3 Å². The van der Waals surface area contributed by atoms with E-state index in [2.05, 4.69) is 34.6 Å². The Kier molecular flexibility index (Phi) is 2.87. The maximum absolute atomic E-state index is 12.0. The second kappa shape index (κ2) is 3.88. The fourth-order valence-electron chi connectivity index (χ4n) is 2.05. The summed E-state index contributed by atoms with van der Waals surface area (Å²) in [6.45, 7) is 2.21. The van der Waals surface area contributed by atoms with Crippen molar-refractivity contribution in [1.82, 2.24) is 9.78 Å². The molecule has 3 nitrogen and oxygen atoms in total. The summed E-state index contributed by atoms with van der Waals surface area (Å²) in [4.78, 5) is 12.0. The van der Waals surface area contributed by atoms with Crippen molar-refractivity contribution in [1.29, 1.82) is 0 Å². The van der Waals surface area contributed by atoms with Crippen LogP contribution in [0.4, 0.5) is 0 Å². The zero-order valence-electron chi connectivity index (χ0n) is 9.09. The van der Waals surface area contributed by atoms with Crippen molar-refractivity contribution in [2.24, 2.45) is 12.5 Å². The number of halogens is 1. The van der Waals surface area contributed by atoms with Crippen LogP contribution in [0.15, 0.2) is 6.20 Å². The zero-order valence-corrected chi connectivity index (χ0v) is 11.2. The Morgan fingerprint density at radius 1 is 1.67 bits per heavy atom. The summed E-state index contributed by atoms with van der Waals surface area (Å²) in [5.74, 6) is 0.245. The molecule has 0 saturated heterocycles. The highest BCUT2D eigenvalue weighted by atomic mass is 127. The standard InChI is InChI=1S/C11H15IN2O/c1-11(4-3-5-11)6-9(15)8-7-13-14(2)10(8)12/h7H,3-6H2,1-2H3. The topological polar surface area (TPSA) is 34.9 Å². The van der Waals surface area contributed by atoms with Gasteiger partial charge < -0.3 is 0 Å². The van der Waals surface area contributed by atoms with Crippen molar-refractivity contribution < 1.29 is 4.79 Å². The zero-order chi connectivity index (χ0) is 11.1. The number of aryl methyl sites for hydroxylation is 1. The lowest BCUT2D eigenvalue weighted by Gasteiger charge is -2.37. The molecular weight excluding hydrogens is 303 g/mol. The predicted octanol–water partition coefficient (Wildman–Crippen LogP) is 2.79. The summed E-state index contributed by atoms with van der Waals surface area (Å²) < 4.78 is 2.69. The first kappa shape index (κ1) is 11.1. The molecule has 4 heteroatoms. The van der Waals surface area contributed by atoms with Crippen LogP contribution < -0.4 is 0 Å². The molecule has 1 aliphatic carbocycles. The molecule has 0 aliphatic heterocycles. The highest BCUT2D eigenvalue weighted by Crippen LogP contribution is 2.44. The summed E-state index contributed by atoms with van der Waals surface area (Å²) in [6.07, 6.45) is 6.01. The van der Waals surface area contributed by atoms with E-state index in [0.29, 0.717) is 6.42 Å². The Hall–Kier alpha value is -0.390. The molecule has 82 valence electrons. The molecule has 0 bridgehead atoms. The Labute approximate surface area is 103 Å². The van der Waals surface area contributed by atoms with Crippen molar-refractivity contribution >= 4 is 28.4 Å². The monoisotopic (exact) mass is 318 g/mol. The number of carbonyl (C=O) groups is 1. The van der Waals surface area contributed by atoms with E-state index in [-0.39, 0.29) is 11.2 Å². The van der Waals surface area contributed by atoms with Gasteiger partial charge in [-0.2, -0.15) is 5.10 Å². The number of nitrogens with zero attached hydrogens (tertiary/aromatic N) is 2. The number of carbonyl (C=O) groups excluding carboxylic acids is 1. The van der Waals surface area contributed by atoms with Gasteiger partial charge in [0.2, 0.25) is 0 Å². The summed E-state index contributed by atoms with van der Waals surface area (Å²) in [7, 11) is 1.86. The Morgan fingerprint density at radius 3 is 2.73 bits per heavy atom. The largest absolute Gasteiger partial charge is 0.294 e. The molecule has 0 amide bonds. The van der Waals surface area contributed by atoms with Crippen LogP contribution in [-0.4, -0.2) is 15.6 Å². The van der Waals surface area contributed by atoms with Crippen LogP contribution >= 0.6 is 22.6 Å². The predicted molar refractivity (Wildman–Crippen MR) is 66.8 cm³/mol. The van der Waals surface area contributed by atoms with Gasteiger partial charge >= 0.3 is 0 Å². The van der Waals surface area contributed by atoms with E-state index in [1.807, 2.05) is 7.05 Å². The molecule has 1 heterocycles. The normalized spacial score (nSPS) is 18.6. The third-order valence-corrected chi connectivity index (χ3v) is 4.59. The van der Waals surface area contributed by atoms with Gasteiger partial charge in [-0.25, -0.2) is 0 Å². The minimum atomic E-state index is 0.245. The Morgan fingerprint density at radius 2 is 2.33 bits per heavy atom. The Balaban J connectivity index is 2.11. The van der Waals surface area contributed by atoms with E-state index in [0.717, 1.165) is 9.26 Å². The maximum Gasteiger partial charge on any atom is 0.167 e. The first-order chi connectivity index (χ1) is 7.02. The SMILES string of the molecule is Cn1ncc(C(=O)CC2(C)CCC2)c1I. The lowest BCUT2D eigenvalue weighted by Crippen LogP contribution is -2.28. The molecular formula is C11H15IN2O. The van der Waals surface area contributed by atoms with Crippen LogP contribution in [0.3, 0.4) is 0 Å². The molecule has 1 aliphatic rings. The second-order valence-electron chi connectivity index (χ2n) is 4.74. The average Bonchev–Trinajstić information content (AvgIpc) is 2.45. The molecule has 15 heavy (non-hydrogen) atoms. The van der Waals surface area contributed by atoms with Gasteiger partial charge in [0.05, 0.1) is 11.8 Å². The van der Waals surface area contributed by atoms with Crippen LogP contribution in [0, 0.1) is 9.12 Å². The van der Waals surface area contributed by atoms with Gasteiger partial charge in [-0.05, 0) is 40.8 Å². The van der Waals surface area contributed by atoms with Gasteiger partial charge in [0.1, 0.15) is 3.70 Å². The molecule has 1 saturated carbocycles. The highest BCUT2D eigenvalue weighted by molar-refractivity contribution is 14.1. The maximum atomic E-state index is 12.0. The fourth-order valence-corrected chi connectivity index (χ4v) is 2.61. The number of hydrogen-bond donors (Lipinski definition) is 0. The average molecular weight is 318 g/mol. The first-order valence-electron chi connectivity index (χ1n) is 5.23. The van der Waals surface area contributed by atoms with Crippen LogP contribution in [0.2, 0.25) is 0 Å². The smallest absolute Gasteiger partial charge is 0.167 e. The third-order valence-electron chi connectivity index (χ3n) is 3.31. The number of aromatic nitrogens is 2. The summed E-state index contributed by atoms with van der Waals surface area (Å²) in [5, 5.41) is 4.10. The number of rotatable bonds is 3. The lowest BCUT2D eigenvalue weighted by atomic mass is 9.67. The van der Waals surface area contributed by atoms with Crippen molar-refractivity contribution in [3.63, 3.8) is 0 Å². The second-order valence-corrected chi connectivity index (χ2v) is 5.76. The highest BCUT2D eigenvalue weighted by Gasteiger charge is 2.34. The van der Waals surface area contributed by atoms with Crippen LogP contribution in [0.1, 0.15) is 43.0 Å². The quantitative estimate of drug-likeness (QED) is 0.634. The van der Waals surface area contributed by atoms with Crippen LogP contribution in [0.5, 0.6) is 0 Å². The molecule has 1 fully saturated rings. The molecule has 0 atom stereocenters. The summed E-state index contributed by atoms with van der Waals surface area (Å²) in [5.41, 5.74) is 1.04. The summed E-state index contributed by atoms with van der Waals surface area (Å²) in [6, 6.07) is 0. The fraction of sp³-hybridized carbons (Fsp3) is 0.636. The van der Waals surface area contributed by atoms with Gasteiger partial charge in [-0.3, -0.25) is 9.48 Å². The van der Waals surface area contributed by atoms with Crippen molar-refractivity contribution in [3.05, 3.63) is 15.5 Å². The molecule has 0 N–H and O–H groups in total. The molecule has 1 aromatic rings. The number of Topliss-reactive ketones (excluding diaryl/α,β-unsaturated/α-hetero) is 1. The first-order valence-corrected chi connectivity index (χ1v) is 6.30. The number of hydrogen-bond acceptors (Lipinski definition) is 2. The van der Waals surface area contributed by atoms with Gasteiger partial charge in [0.25, 0.3) is 0 Å². The van der Waals surface area contributed by atoms with Crippen molar-refractivity contribution in [2.75, 3.05) is 0 Å². The van der Waals surface area contributed by atoms with Gasteiger partial charge in [0.15, 0.2) is 5.78 Å². The molecule has 2 rings (SSSR count). The van der Waals surface area contributed by atoms with Gasteiger partial charge in [0, 0.05) is 13.5 Å². The van der Waals surface area contributed by atoms with E-state index in [9.17, 15) is 4.79 Å². The van der Waals surface area contributed by atoms with Gasteiger partial charge in [-0.1, -0.05) is 13.3 Å². The Bertz CT molecular complexity index is 393. The molecule has 1 aromatic heterocycles. The van der Waals surface area contributed by atoms with Gasteiger partial charge in [-0.15, -0.1) is 0 Å².